The number of azide groups is 2. The summed E-state index contributed by atoms with van der Waals surface area (Å²) in [6.45, 7) is 2.94. The minimum absolute atomic E-state index is 0.0346. The quantitative estimate of drug-likeness (QED) is 0.0837. The maximum atomic E-state index is 14.3. The fourth-order valence-electron chi connectivity index (χ4n) is 4.93. The maximum Gasteiger partial charge on any atom is 0.252 e. The van der Waals surface area contributed by atoms with Gasteiger partial charge in [-0.25, -0.2) is 4.99 Å². The van der Waals surface area contributed by atoms with Gasteiger partial charge in [0.05, 0.1) is 6.61 Å². The van der Waals surface area contributed by atoms with Crippen LogP contribution in [0.4, 0.5) is 11.4 Å². The summed E-state index contributed by atoms with van der Waals surface area (Å²) in [6, 6.07) is 21.1. The zero-order chi connectivity index (χ0) is 30.5. The van der Waals surface area contributed by atoms with Crippen molar-refractivity contribution in [3.05, 3.63) is 110 Å². The second-order valence-corrected chi connectivity index (χ2v) is 10.00. The third-order valence-corrected chi connectivity index (χ3v) is 7.07. The molecule has 1 aliphatic rings. The van der Waals surface area contributed by atoms with Gasteiger partial charge < -0.3 is 19.9 Å². The van der Waals surface area contributed by atoms with Gasteiger partial charge in [0.2, 0.25) is 5.90 Å². The summed E-state index contributed by atoms with van der Waals surface area (Å²) in [7, 11) is 0. The molecule has 0 aromatic heterocycles. The summed E-state index contributed by atoms with van der Waals surface area (Å²) in [4.78, 5) is 25.2. The first-order valence-corrected chi connectivity index (χ1v) is 14.2. The van der Waals surface area contributed by atoms with Gasteiger partial charge in [-0.15, -0.1) is 0 Å². The highest BCUT2D eigenvalue weighted by molar-refractivity contribution is 6.01. The second kappa shape index (κ2) is 15.3. The molecule has 12 heteroatoms. The van der Waals surface area contributed by atoms with E-state index in [1.54, 1.807) is 72.8 Å². The number of benzene rings is 3. The van der Waals surface area contributed by atoms with E-state index in [2.05, 4.69) is 32.3 Å². The van der Waals surface area contributed by atoms with Crippen molar-refractivity contribution >= 4 is 23.2 Å². The number of amides is 1. The van der Waals surface area contributed by atoms with E-state index in [0.717, 1.165) is 19.3 Å². The molecular formula is C31H34N8O4. The highest BCUT2D eigenvalue weighted by atomic mass is 16.5. The highest BCUT2D eigenvalue weighted by Gasteiger charge is 2.54. The largest absolute Gasteiger partial charge is 0.494 e. The monoisotopic (exact) mass is 582 g/mol. The molecule has 0 saturated carbocycles. The number of unbranched alkanes of at least 4 members (excludes halogenated alkanes) is 2. The zero-order valence-corrected chi connectivity index (χ0v) is 24.0. The number of hydrogen-bond donors (Lipinski definition) is 2. The topological polar surface area (TPSA) is 178 Å². The third-order valence-electron chi connectivity index (χ3n) is 7.07. The average Bonchev–Trinajstić information content (AvgIpc) is 3.41. The van der Waals surface area contributed by atoms with Crippen LogP contribution in [0.15, 0.2) is 88.0 Å². The van der Waals surface area contributed by atoms with Crippen molar-refractivity contribution in [1.82, 2.24) is 5.32 Å². The fraction of sp³-hybridized carbons (Fsp3) is 0.355. The Morgan fingerprint density at radius 3 is 2.42 bits per heavy atom. The molecule has 0 radical (unpaired) electrons. The Bertz CT molecular complexity index is 1530. The lowest BCUT2D eigenvalue weighted by atomic mass is 9.81. The Morgan fingerprint density at radius 2 is 1.70 bits per heavy atom. The first-order valence-electron chi connectivity index (χ1n) is 14.2. The van der Waals surface area contributed by atoms with Crippen LogP contribution >= 0.6 is 0 Å². The fourth-order valence-corrected chi connectivity index (χ4v) is 4.93. The molecule has 3 aromatic rings. The number of carbonyl (C=O) groups is 1. The molecule has 0 saturated heterocycles. The first kappa shape index (κ1) is 30.9. The van der Waals surface area contributed by atoms with Crippen LogP contribution in [0, 0.1) is 0 Å². The molecule has 222 valence electrons. The van der Waals surface area contributed by atoms with Gasteiger partial charge in [-0.3, -0.25) is 4.79 Å². The van der Waals surface area contributed by atoms with E-state index in [0.29, 0.717) is 53.4 Å². The van der Waals surface area contributed by atoms with Crippen molar-refractivity contribution < 1.29 is 19.4 Å². The Kier molecular flexibility index (Phi) is 11.0. The summed E-state index contributed by atoms with van der Waals surface area (Å²) < 4.78 is 12.2. The lowest BCUT2D eigenvalue weighted by Gasteiger charge is -2.31. The molecule has 2 atom stereocenters. The molecule has 0 bridgehead atoms. The van der Waals surface area contributed by atoms with Crippen molar-refractivity contribution in [2.45, 2.75) is 50.7 Å². The van der Waals surface area contributed by atoms with Crippen LogP contribution in [0.2, 0.25) is 0 Å². The number of aliphatic hydroxyl groups is 1. The van der Waals surface area contributed by atoms with E-state index < -0.39 is 11.6 Å². The van der Waals surface area contributed by atoms with E-state index in [1.807, 2.05) is 0 Å². The van der Waals surface area contributed by atoms with Crippen molar-refractivity contribution in [2.24, 2.45) is 15.2 Å². The molecule has 1 amide bonds. The van der Waals surface area contributed by atoms with Gasteiger partial charge in [-0.1, -0.05) is 78.5 Å². The summed E-state index contributed by atoms with van der Waals surface area (Å²) in [5, 5.41) is 19.8. The van der Waals surface area contributed by atoms with E-state index in [4.69, 9.17) is 19.6 Å². The predicted octanol–water partition coefficient (Wildman–Crippen LogP) is 7.14. The van der Waals surface area contributed by atoms with Crippen LogP contribution in [-0.2, 0) is 16.0 Å². The number of aliphatic imine (C=N–C) groups is 1. The van der Waals surface area contributed by atoms with Crippen molar-refractivity contribution in [3.63, 3.8) is 0 Å². The van der Waals surface area contributed by atoms with Crippen LogP contribution < -0.4 is 10.1 Å². The molecule has 4 rings (SSSR count). The average molecular weight is 583 g/mol. The van der Waals surface area contributed by atoms with Crippen LogP contribution in [0.3, 0.4) is 0 Å². The number of hydrogen-bond acceptors (Lipinski definition) is 7. The minimum Gasteiger partial charge on any atom is -0.494 e. The zero-order valence-electron chi connectivity index (χ0n) is 24.0. The molecule has 2 N–H and O–H groups in total. The molecule has 12 nitrogen and oxygen atoms in total. The first-order chi connectivity index (χ1) is 21.1. The summed E-state index contributed by atoms with van der Waals surface area (Å²) >= 11 is 0. The summed E-state index contributed by atoms with van der Waals surface area (Å²) in [5.41, 5.74) is 19.4. The van der Waals surface area contributed by atoms with Crippen LogP contribution in [-0.4, -0.2) is 42.2 Å². The van der Waals surface area contributed by atoms with Gasteiger partial charge in [0.25, 0.3) is 5.91 Å². The molecule has 3 aromatic carbocycles. The minimum atomic E-state index is -1.54. The highest BCUT2D eigenvalue weighted by Crippen LogP contribution is 2.46. The van der Waals surface area contributed by atoms with Gasteiger partial charge in [0.1, 0.15) is 5.75 Å². The molecule has 1 heterocycles. The molecule has 0 spiro atoms. The van der Waals surface area contributed by atoms with Crippen molar-refractivity contribution in [2.75, 3.05) is 19.8 Å². The Labute approximate surface area is 249 Å². The Morgan fingerprint density at radius 1 is 1.00 bits per heavy atom. The van der Waals surface area contributed by atoms with E-state index in [1.165, 1.54) is 0 Å². The number of nitrogens with zero attached hydrogens (tertiary/aromatic N) is 7. The second-order valence-electron chi connectivity index (χ2n) is 10.00. The van der Waals surface area contributed by atoms with Gasteiger partial charge in [0.15, 0.2) is 11.6 Å². The molecular weight excluding hydrogens is 548 g/mol. The lowest BCUT2D eigenvalue weighted by molar-refractivity contribution is -0.128. The van der Waals surface area contributed by atoms with Gasteiger partial charge in [0, 0.05) is 58.3 Å². The normalized spacial score (nSPS) is 17.2. The molecule has 0 aliphatic carbocycles. The molecule has 43 heavy (non-hydrogen) atoms. The predicted molar refractivity (Wildman–Crippen MR) is 163 cm³/mol. The lowest BCUT2D eigenvalue weighted by Crippen LogP contribution is -2.50. The van der Waals surface area contributed by atoms with Crippen LogP contribution in [0.1, 0.15) is 55.4 Å². The van der Waals surface area contributed by atoms with E-state index in [-0.39, 0.29) is 24.8 Å². The van der Waals surface area contributed by atoms with Crippen molar-refractivity contribution in [1.29, 1.82) is 0 Å². The number of ether oxygens (including phenoxy) is 2. The van der Waals surface area contributed by atoms with Crippen LogP contribution in [0.25, 0.3) is 20.9 Å². The van der Waals surface area contributed by atoms with Gasteiger partial charge >= 0.3 is 0 Å². The van der Waals surface area contributed by atoms with Crippen LogP contribution in [0.5, 0.6) is 5.75 Å². The third kappa shape index (κ3) is 7.44. The smallest absolute Gasteiger partial charge is 0.252 e. The summed E-state index contributed by atoms with van der Waals surface area (Å²) in [5.74, 6) is 0.482. The Hall–Kier alpha value is -5.02. The summed E-state index contributed by atoms with van der Waals surface area (Å²) in [6.07, 6.45) is 2.32. The molecule has 0 unspecified atom stereocenters. The standard InChI is InChI=1S/C31H34N8O4/c1-2-3-8-18-34-30(41)31(21-23-10-4-6-12-26(23)36-38-32)28(25-11-5-7-13-27(25)37-39-33)43-29(35-31)22-14-16-24(17-15-22)42-20-9-19-40/h4-7,10-17,28,40H,2-3,8-9,18-21H2,1H3,(H,34,41)/t28-,31-/m1/s1. The Balaban J connectivity index is 1.85. The number of aliphatic hydroxyl groups excluding tert-OH is 1. The SMILES string of the molecule is CCCCCNC(=O)[C@]1(Cc2ccccc2N=[N+]=[N-])N=C(c2ccc(OCCCO)cc2)O[C@@H]1c1ccccc1N=[N+]=[N-]. The molecule has 1 aliphatic heterocycles. The maximum absolute atomic E-state index is 14.3. The van der Waals surface area contributed by atoms with E-state index in [9.17, 15) is 15.9 Å². The number of rotatable bonds is 15. The number of carbonyl (C=O) groups excluding carboxylic acids is 1. The number of nitrogens with one attached hydrogen (secondary N) is 1. The van der Waals surface area contributed by atoms with Crippen molar-refractivity contribution in [3.8, 4) is 5.75 Å². The van der Waals surface area contributed by atoms with Gasteiger partial charge in [-0.2, -0.15) is 0 Å². The van der Waals surface area contributed by atoms with Gasteiger partial charge in [-0.05, 0) is 47.3 Å². The molecule has 0 fully saturated rings. The van der Waals surface area contributed by atoms with E-state index >= 15 is 0 Å².